The molecule has 2 aromatic carbocycles. The largest absolute Gasteiger partial charge is 0.490 e. The Bertz CT molecular complexity index is 925. The predicted octanol–water partition coefficient (Wildman–Crippen LogP) is 3.34. The minimum absolute atomic E-state index is 0.284. The third kappa shape index (κ3) is 6.39. The molecule has 0 aromatic heterocycles. The molecule has 150 valence electrons. The second-order valence-corrected chi connectivity index (χ2v) is 7.31. The van der Waals surface area contributed by atoms with Crippen molar-refractivity contribution in [2.75, 3.05) is 18.5 Å². The minimum atomic E-state index is -4.66. The highest BCUT2D eigenvalue weighted by molar-refractivity contribution is 7.89. The summed E-state index contributed by atoms with van der Waals surface area (Å²) in [6.45, 7) is 2.20. The van der Waals surface area contributed by atoms with Gasteiger partial charge < -0.3 is 10.1 Å². The molecule has 0 heterocycles. The highest BCUT2D eigenvalue weighted by atomic mass is 32.2. The molecule has 2 aromatic rings. The number of hydrogen-bond donors (Lipinski definition) is 2. The van der Waals surface area contributed by atoms with E-state index in [2.05, 4.69) is 11.9 Å². The molecule has 0 saturated carbocycles. The SMILES string of the molecule is C=CCOc1ccc(C(=O)Nc2ccc(S(=O)(=O)NCC(F)(F)F)cc2)cc1. The van der Waals surface area contributed by atoms with Crippen LogP contribution in [0.1, 0.15) is 10.4 Å². The van der Waals surface area contributed by atoms with Gasteiger partial charge in [-0.3, -0.25) is 4.79 Å². The zero-order valence-corrected chi connectivity index (χ0v) is 15.3. The third-order valence-electron chi connectivity index (χ3n) is 3.37. The maximum Gasteiger partial charge on any atom is 0.402 e. The number of hydrogen-bond acceptors (Lipinski definition) is 4. The molecule has 1 amide bonds. The molecule has 0 aliphatic rings. The maximum atomic E-state index is 12.2. The predicted molar refractivity (Wildman–Crippen MR) is 97.8 cm³/mol. The standard InChI is InChI=1S/C18H17F3N2O4S/c1-2-11-27-15-7-3-13(4-8-15)17(24)23-14-5-9-16(10-6-14)28(25,26)22-12-18(19,20)21/h2-10,22H,1,11-12H2,(H,23,24). The van der Waals surface area contributed by atoms with Crippen LogP contribution in [-0.2, 0) is 10.0 Å². The molecule has 0 atom stereocenters. The number of alkyl halides is 3. The Labute approximate surface area is 160 Å². The topological polar surface area (TPSA) is 84.5 Å². The Morgan fingerprint density at radius 1 is 1.07 bits per heavy atom. The molecule has 0 aliphatic heterocycles. The van der Waals surface area contributed by atoms with Gasteiger partial charge in [0, 0.05) is 11.3 Å². The van der Waals surface area contributed by atoms with Crippen molar-refractivity contribution < 1.29 is 31.1 Å². The van der Waals surface area contributed by atoms with Crippen LogP contribution in [0.4, 0.5) is 18.9 Å². The molecule has 0 bridgehead atoms. The van der Waals surface area contributed by atoms with E-state index in [1.54, 1.807) is 30.3 Å². The summed E-state index contributed by atoms with van der Waals surface area (Å²) < 4.78 is 66.9. The fourth-order valence-corrected chi connectivity index (χ4v) is 3.05. The molecule has 0 fully saturated rings. The second-order valence-electron chi connectivity index (χ2n) is 5.54. The van der Waals surface area contributed by atoms with Gasteiger partial charge in [-0.15, -0.1) is 0 Å². The van der Waals surface area contributed by atoms with Gasteiger partial charge in [-0.2, -0.15) is 13.2 Å². The number of ether oxygens (including phenoxy) is 1. The molecule has 28 heavy (non-hydrogen) atoms. The van der Waals surface area contributed by atoms with Crippen LogP contribution in [0.2, 0.25) is 0 Å². The van der Waals surface area contributed by atoms with Gasteiger partial charge in [0.05, 0.1) is 4.90 Å². The molecule has 0 radical (unpaired) electrons. The Kier molecular flexibility index (Phi) is 6.81. The number of halogens is 3. The third-order valence-corrected chi connectivity index (χ3v) is 4.79. The van der Waals surface area contributed by atoms with E-state index in [9.17, 15) is 26.4 Å². The Morgan fingerprint density at radius 2 is 1.68 bits per heavy atom. The first-order chi connectivity index (χ1) is 13.1. The van der Waals surface area contributed by atoms with Crippen LogP contribution in [0.5, 0.6) is 5.75 Å². The summed E-state index contributed by atoms with van der Waals surface area (Å²) >= 11 is 0. The van der Waals surface area contributed by atoms with Gasteiger partial charge in [-0.05, 0) is 48.5 Å². The lowest BCUT2D eigenvalue weighted by Crippen LogP contribution is -2.33. The van der Waals surface area contributed by atoms with Gasteiger partial charge in [-0.1, -0.05) is 12.7 Å². The number of nitrogens with one attached hydrogen (secondary N) is 2. The fourth-order valence-electron chi connectivity index (χ4n) is 2.04. The highest BCUT2D eigenvalue weighted by Gasteiger charge is 2.30. The summed E-state index contributed by atoms with van der Waals surface area (Å²) in [5, 5.41) is 2.56. The van der Waals surface area contributed by atoms with Crippen molar-refractivity contribution in [1.82, 2.24) is 4.72 Å². The van der Waals surface area contributed by atoms with Crippen LogP contribution >= 0.6 is 0 Å². The van der Waals surface area contributed by atoms with Crippen LogP contribution in [0, 0.1) is 0 Å². The molecule has 10 heteroatoms. The first kappa shape index (κ1) is 21.5. The molecule has 0 spiro atoms. The number of anilines is 1. The number of amides is 1. The summed E-state index contributed by atoms with van der Waals surface area (Å²) in [5.74, 6) is 0.124. The summed E-state index contributed by atoms with van der Waals surface area (Å²) in [6.07, 6.45) is -3.07. The lowest BCUT2D eigenvalue weighted by atomic mass is 10.2. The lowest BCUT2D eigenvalue weighted by molar-refractivity contribution is -0.121. The number of carbonyl (C=O) groups excluding carboxylic acids is 1. The molecular formula is C18H17F3N2O4S. The zero-order chi connectivity index (χ0) is 20.8. The van der Waals surface area contributed by atoms with Crippen molar-refractivity contribution in [1.29, 1.82) is 0 Å². The Balaban J connectivity index is 2.01. The molecule has 2 rings (SSSR count). The number of rotatable bonds is 8. The molecule has 0 saturated heterocycles. The van der Waals surface area contributed by atoms with E-state index in [0.717, 1.165) is 12.1 Å². The average Bonchev–Trinajstić information content (AvgIpc) is 2.65. The second kappa shape index (κ2) is 8.89. The van der Waals surface area contributed by atoms with Crippen molar-refractivity contribution in [2.24, 2.45) is 0 Å². The zero-order valence-electron chi connectivity index (χ0n) is 14.5. The van der Waals surface area contributed by atoms with Crippen LogP contribution in [0.15, 0.2) is 66.1 Å². The smallest absolute Gasteiger partial charge is 0.402 e. The first-order valence-corrected chi connectivity index (χ1v) is 9.40. The number of benzene rings is 2. The van der Waals surface area contributed by atoms with Crippen LogP contribution in [-0.4, -0.2) is 33.7 Å². The van der Waals surface area contributed by atoms with Crippen LogP contribution in [0.25, 0.3) is 0 Å². The van der Waals surface area contributed by atoms with E-state index in [1.807, 2.05) is 0 Å². The summed E-state index contributed by atoms with van der Waals surface area (Å²) in [4.78, 5) is 11.9. The van der Waals surface area contributed by atoms with E-state index in [-0.39, 0.29) is 10.6 Å². The van der Waals surface area contributed by atoms with Gasteiger partial charge in [0.25, 0.3) is 5.91 Å². The van der Waals surface area contributed by atoms with Crippen LogP contribution < -0.4 is 14.8 Å². The number of sulfonamides is 1. The molecular weight excluding hydrogens is 397 g/mol. The fraction of sp³-hybridized carbons (Fsp3) is 0.167. The van der Waals surface area contributed by atoms with Gasteiger partial charge >= 0.3 is 6.18 Å². The van der Waals surface area contributed by atoms with Crippen LogP contribution in [0.3, 0.4) is 0 Å². The Hall–Kier alpha value is -2.85. The molecule has 0 aliphatic carbocycles. The number of carbonyl (C=O) groups is 1. The lowest BCUT2D eigenvalue weighted by Gasteiger charge is -2.10. The highest BCUT2D eigenvalue weighted by Crippen LogP contribution is 2.18. The van der Waals surface area contributed by atoms with E-state index in [4.69, 9.17) is 4.74 Å². The van der Waals surface area contributed by atoms with Gasteiger partial charge in [-0.25, -0.2) is 13.1 Å². The molecule has 6 nitrogen and oxygen atoms in total. The quantitative estimate of drug-likeness (QED) is 0.649. The van der Waals surface area contributed by atoms with Crippen molar-refractivity contribution in [3.63, 3.8) is 0 Å². The van der Waals surface area contributed by atoms with Crippen molar-refractivity contribution in [3.05, 3.63) is 66.7 Å². The van der Waals surface area contributed by atoms with Gasteiger partial charge in [0.1, 0.15) is 18.9 Å². The van der Waals surface area contributed by atoms with Gasteiger partial charge in [0.15, 0.2) is 0 Å². The summed E-state index contributed by atoms with van der Waals surface area (Å²) in [7, 11) is -4.31. The molecule has 0 unspecified atom stereocenters. The van der Waals surface area contributed by atoms with Crippen molar-refractivity contribution in [2.45, 2.75) is 11.1 Å². The normalized spacial score (nSPS) is 11.7. The van der Waals surface area contributed by atoms with E-state index < -0.39 is 28.7 Å². The monoisotopic (exact) mass is 414 g/mol. The van der Waals surface area contributed by atoms with E-state index in [0.29, 0.717) is 17.9 Å². The van der Waals surface area contributed by atoms with Gasteiger partial charge in [0.2, 0.25) is 10.0 Å². The van der Waals surface area contributed by atoms with Crippen molar-refractivity contribution >= 4 is 21.6 Å². The van der Waals surface area contributed by atoms with E-state index >= 15 is 0 Å². The first-order valence-electron chi connectivity index (χ1n) is 7.92. The average molecular weight is 414 g/mol. The Morgan fingerprint density at radius 3 is 2.21 bits per heavy atom. The van der Waals surface area contributed by atoms with E-state index in [1.165, 1.54) is 16.9 Å². The molecule has 2 N–H and O–H groups in total. The maximum absolute atomic E-state index is 12.2. The summed E-state index contributed by atoms with van der Waals surface area (Å²) in [5.41, 5.74) is 0.626. The summed E-state index contributed by atoms with van der Waals surface area (Å²) in [6, 6.07) is 11.1. The van der Waals surface area contributed by atoms with Crippen molar-refractivity contribution in [3.8, 4) is 5.75 Å². The minimum Gasteiger partial charge on any atom is -0.490 e.